The zero-order chi connectivity index (χ0) is 14.5. The van der Waals surface area contributed by atoms with E-state index < -0.39 is 0 Å². The number of hydrogen-bond acceptors (Lipinski definition) is 2. The average molecular weight is 283 g/mol. The van der Waals surface area contributed by atoms with Gasteiger partial charge in [0.25, 0.3) is 0 Å². The number of hydrogen-bond donors (Lipinski definition) is 1. The van der Waals surface area contributed by atoms with E-state index in [1.165, 1.54) is 62.6 Å². The van der Waals surface area contributed by atoms with Crippen LogP contribution in [0.5, 0.6) is 0 Å². The number of nitrogens with zero attached hydrogens (tertiary/aromatic N) is 2. The molecule has 2 heterocycles. The highest BCUT2D eigenvalue weighted by Crippen LogP contribution is 2.34. The van der Waals surface area contributed by atoms with Gasteiger partial charge in [-0.3, -0.25) is 10.1 Å². The lowest BCUT2D eigenvalue weighted by molar-refractivity contribution is 0.525. The molecule has 1 saturated carbocycles. The van der Waals surface area contributed by atoms with Crippen LogP contribution in [0.15, 0.2) is 24.5 Å². The summed E-state index contributed by atoms with van der Waals surface area (Å²) in [5, 5.41) is 7.93. The van der Waals surface area contributed by atoms with Crippen molar-refractivity contribution in [2.45, 2.75) is 64.2 Å². The molecule has 3 heteroatoms. The Bertz CT molecular complexity index is 549. The molecule has 2 aromatic rings. The van der Waals surface area contributed by atoms with Gasteiger partial charge in [0.2, 0.25) is 0 Å². The zero-order valence-corrected chi connectivity index (χ0v) is 12.9. The van der Waals surface area contributed by atoms with Crippen LogP contribution in [0, 0.1) is 6.92 Å². The maximum absolute atomic E-state index is 4.59. The maximum atomic E-state index is 4.59. The van der Waals surface area contributed by atoms with E-state index in [4.69, 9.17) is 0 Å². The second-order valence-corrected chi connectivity index (χ2v) is 6.24. The monoisotopic (exact) mass is 283 g/mol. The molecule has 2 aromatic heterocycles. The van der Waals surface area contributed by atoms with E-state index in [1.54, 1.807) is 0 Å². The first-order valence-electron chi connectivity index (χ1n) is 8.31. The molecule has 1 fully saturated rings. The maximum Gasteiger partial charge on any atom is 0.0953 e. The lowest BCUT2D eigenvalue weighted by Gasteiger charge is -2.15. The molecule has 0 unspecified atom stereocenters. The summed E-state index contributed by atoms with van der Waals surface area (Å²) in [6, 6.07) is 4.08. The normalized spacial score (nSPS) is 18.0. The zero-order valence-electron chi connectivity index (χ0n) is 12.9. The fourth-order valence-electron chi connectivity index (χ4n) is 3.52. The van der Waals surface area contributed by atoms with Gasteiger partial charge >= 0.3 is 0 Å². The highest BCUT2D eigenvalue weighted by molar-refractivity contribution is 5.63. The van der Waals surface area contributed by atoms with Gasteiger partial charge in [0.05, 0.1) is 5.69 Å². The number of H-pyrrole nitrogens is 1. The molecule has 0 saturated heterocycles. The Morgan fingerprint density at radius 3 is 2.24 bits per heavy atom. The molecule has 21 heavy (non-hydrogen) atoms. The summed E-state index contributed by atoms with van der Waals surface area (Å²) in [5.74, 6) is 0.659. The molecule has 0 spiro atoms. The molecule has 0 aromatic carbocycles. The van der Waals surface area contributed by atoms with Crippen LogP contribution in [0.25, 0.3) is 11.3 Å². The Kier molecular flexibility index (Phi) is 4.69. The van der Waals surface area contributed by atoms with Crippen molar-refractivity contribution in [3.63, 3.8) is 0 Å². The predicted octanol–water partition coefficient (Wildman–Crippen LogP) is 5.00. The minimum absolute atomic E-state index is 0.659. The Hall–Kier alpha value is -1.64. The molecule has 1 aliphatic rings. The van der Waals surface area contributed by atoms with Gasteiger partial charge in [-0.25, -0.2) is 0 Å². The summed E-state index contributed by atoms with van der Waals surface area (Å²) in [5.41, 5.74) is 4.94. The van der Waals surface area contributed by atoms with Crippen LogP contribution in [0.3, 0.4) is 0 Å². The standard InChI is InChI=1S/C18H25N3/c1-14-17(15-8-6-4-2-3-5-7-9-15)20-21-18(14)16-10-12-19-13-11-16/h10-13,15H,2-9H2,1H3,(H,20,21). The quantitative estimate of drug-likeness (QED) is 0.842. The molecule has 0 radical (unpaired) electrons. The van der Waals surface area contributed by atoms with Gasteiger partial charge in [-0.1, -0.05) is 38.5 Å². The molecule has 0 bridgehead atoms. The Labute approximate surface area is 127 Å². The van der Waals surface area contributed by atoms with Crippen molar-refractivity contribution >= 4 is 0 Å². The van der Waals surface area contributed by atoms with Crippen LogP contribution < -0.4 is 0 Å². The molecule has 0 aliphatic heterocycles. The highest BCUT2D eigenvalue weighted by Gasteiger charge is 2.19. The number of pyridine rings is 1. The predicted molar refractivity (Wildman–Crippen MR) is 86.2 cm³/mol. The van der Waals surface area contributed by atoms with E-state index >= 15 is 0 Å². The van der Waals surface area contributed by atoms with Gasteiger partial charge in [0.15, 0.2) is 0 Å². The summed E-state index contributed by atoms with van der Waals surface area (Å²) in [4.78, 5) is 4.09. The minimum atomic E-state index is 0.659. The van der Waals surface area contributed by atoms with Gasteiger partial charge in [-0.15, -0.1) is 0 Å². The summed E-state index contributed by atoms with van der Waals surface area (Å²) in [6.07, 6.45) is 14.6. The number of aromatic amines is 1. The molecule has 0 atom stereocenters. The van der Waals surface area contributed by atoms with Crippen LogP contribution >= 0.6 is 0 Å². The van der Waals surface area contributed by atoms with Crippen LogP contribution in [0.1, 0.15) is 68.5 Å². The summed E-state index contributed by atoms with van der Waals surface area (Å²) in [7, 11) is 0. The first kappa shape index (κ1) is 14.3. The van der Waals surface area contributed by atoms with Crippen molar-refractivity contribution < 1.29 is 0 Å². The van der Waals surface area contributed by atoms with Crippen LogP contribution in [0.2, 0.25) is 0 Å². The van der Waals surface area contributed by atoms with Crippen molar-refractivity contribution in [2.75, 3.05) is 0 Å². The SMILES string of the molecule is Cc1c(-c2ccncc2)n[nH]c1C1CCCCCCCC1. The third-order valence-electron chi connectivity index (χ3n) is 4.76. The third-order valence-corrected chi connectivity index (χ3v) is 4.76. The molecule has 1 N–H and O–H groups in total. The fourth-order valence-corrected chi connectivity index (χ4v) is 3.52. The first-order valence-corrected chi connectivity index (χ1v) is 8.31. The lowest BCUT2D eigenvalue weighted by atomic mass is 9.90. The van der Waals surface area contributed by atoms with Gasteiger partial charge in [-0.2, -0.15) is 5.10 Å². The van der Waals surface area contributed by atoms with Crippen molar-refractivity contribution in [3.8, 4) is 11.3 Å². The fraction of sp³-hybridized carbons (Fsp3) is 0.556. The topological polar surface area (TPSA) is 41.6 Å². The number of nitrogens with one attached hydrogen (secondary N) is 1. The van der Waals surface area contributed by atoms with Crippen molar-refractivity contribution in [2.24, 2.45) is 0 Å². The highest BCUT2D eigenvalue weighted by atomic mass is 15.1. The third kappa shape index (κ3) is 3.34. The van der Waals surface area contributed by atoms with Gasteiger partial charge in [0, 0.05) is 29.6 Å². The van der Waals surface area contributed by atoms with Gasteiger partial charge < -0.3 is 0 Å². The van der Waals surface area contributed by atoms with Crippen molar-refractivity contribution in [1.82, 2.24) is 15.2 Å². The van der Waals surface area contributed by atoms with Crippen LogP contribution in [0.4, 0.5) is 0 Å². The summed E-state index contributed by atoms with van der Waals surface area (Å²) in [6.45, 7) is 2.21. The molecule has 0 amide bonds. The lowest BCUT2D eigenvalue weighted by Crippen LogP contribution is -2.01. The van der Waals surface area contributed by atoms with Gasteiger partial charge in [-0.05, 0) is 37.5 Å². The van der Waals surface area contributed by atoms with Crippen molar-refractivity contribution in [3.05, 3.63) is 35.8 Å². The Balaban J connectivity index is 1.83. The van der Waals surface area contributed by atoms with E-state index in [-0.39, 0.29) is 0 Å². The largest absolute Gasteiger partial charge is 0.281 e. The van der Waals surface area contributed by atoms with Crippen LogP contribution in [-0.4, -0.2) is 15.2 Å². The second kappa shape index (κ2) is 6.88. The minimum Gasteiger partial charge on any atom is -0.281 e. The smallest absolute Gasteiger partial charge is 0.0953 e. The molecule has 3 nitrogen and oxygen atoms in total. The average Bonchev–Trinajstić information content (AvgIpc) is 2.95. The van der Waals surface area contributed by atoms with Crippen LogP contribution in [-0.2, 0) is 0 Å². The molecule has 112 valence electrons. The van der Waals surface area contributed by atoms with E-state index in [0.29, 0.717) is 5.92 Å². The van der Waals surface area contributed by atoms with E-state index in [1.807, 2.05) is 24.5 Å². The molecular formula is C18H25N3. The number of rotatable bonds is 2. The molecule has 1 aliphatic carbocycles. The van der Waals surface area contributed by atoms with E-state index in [0.717, 1.165) is 11.3 Å². The van der Waals surface area contributed by atoms with Gasteiger partial charge in [0.1, 0.15) is 0 Å². The Morgan fingerprint density at radius 1 is 0.952 bits per heavy atom. The molecular weight excluding hydrogens is 258 g/mol. The number of aromatic nitrogens is 3. The van der Waals surface area contributed by atoms with E-state index in [2.05, 4.69) is 22.1 Å². The second-order valence-electron chi connectivity index (χ2n) is 6.24. The first-order chi connectivity index (χ1) is 10.4. The van der Waals surface area contributed by atoms with E-state index in [9.17, 15) is 0 Å². The summed E-state index contributed by atoms with van der Waals surface area (Å²) >= 11 is 0. The summed E-state index contributed by atoms with van der Waals surface area (Å²) < 4.78 is 0. The van der Waals surface area contributed by atoms with Crippen molar-refractivity contribution in [1.29, 1.82) is 0 Å². The molecule has 3 rings (SSSR count). The Morgan fingerprint density at radius 2 is 1.57 bits per heavy atom.